The van der Waals surface area contributed by atoms with E-state index in [1.807, 2.05) is 19.9 Å². The van der Waals surface area contributed by atoms with Gasteiger partial charge in [-0.05, 0) is 23.6 Å². The van der Waals surface area contributed by atoms with Gasteiger partial charge in [0.1, 0.15) is 0 Å². The molecule has 0 aliphatic carbocycles. The molecule has 4 heteroatoms. The number of nitrogens with two attached hydrogens (primary N) is 1. The average molecular weight is 231 g/mol. The molecule has 0 aromatic heterocycles. The molecule has 0 radical (unpaired) electrons. The SMILES string of the molecule is CC(C)C(N)C(=O)NCc1cccc(C#N)c1. The van der Waals surface area contributed by atoms with E-state index >= 15 is 0 Å². The molecule has 0 saturated heterocycles. The number of rotatable bonds is 4. The van der Waals surface area contributed by atoms with Crippen molar-refractivity contribution in [3.63, 3.8) is 0 Å². The first-order valence-corrected chi connectivity index (χ1v) is 5.57. The zero-order valence-electron chi connectivity index (χ0n) is 10.1. The maximum absolute atomic E-state index is 11.6. The number of nitriles is 1. The maximum atomic E-state index is 11.6. The van der Waals surface area contributed by atoms with Gasteiger partial charge in [-0.1, -0.05) is 26.0 Å². The third-order valence-electron chi connectivity index (χ3n) is 2.54. The molecule has 0 aliphatic rings. The molecule has 17 heavy (non-hydrogen) atoms. The summed E-state index contributed by atoms with van der Waals surface area (Å²) in [5.41, 5.74) is 7.20. The summed E-state index contributed by atoms with van der Waals surface area (Å²) in [6, 6.07) is 8.70. The van der Waals surface area contributed by atoms with Gasteiger partial charge in [-0.25, -0.2) is 0 Å². The number of nitrogens with zero attached hydrogens (tertiary/aromatic N) is 1. The van der Waals surface area contributed by atoms with Crippen LogP contribution in [0.5, 0.6) is 0 Å². The second-order valence-electron chi connectivity index (χ2n) is 4.30. The van der Waals surface area contributed by atoms with Gasteiger partial charge in [0.2, 0.25) is 5.91 Å². The van der Waals surface area contributed by atoms with E-state index in [1.165, 1.54) is 0 Å². The normalized spacial score (nSPS) is 11.9. The summed E-state index contributed by atoms with van der Waals surface area (Å²) in [5, 5.41) is 11.5. The Kier molecular flexibility index (Phi) is 4.68. The second-order valence-corrected chi connectivity index (χ2v) is 4.30. The zero-order valence-corrected chi connectivity index (χ0v) is 10.1. The Morgan fingerprint density at radius 1 is 1.53 bits per heavy atom. The van der Waals surface area contributed by atoms with Crippen LogP contribution < -0.4 is 11.1 Å². The Balaban J connectivity index is 2.56. The molecule has 1 aromatic carbocycles. The van der Waals surface area contributed by atoms with Crippen LogP contribution in [-0.4, -0.2) is 11.9 Å². The second kappa shape index (κ2) is 6.02. The van der Waals surface area contributed by atoms with Crippen molar-refractivity contribution in [3.8, 4) is 6.07 Å². The van der Waals surface area contributed by atoms with E-state index in [2.05, 4.69) is 11.4 Å². The average Bonchev–Trinajstić information content (AvgIpc) is 2.35. The zero-order chi connectivity index (χ0) is 12.8. The predicted molar refractivity (Wildman–Crippen MR) is 65.8 cm³/mol. The van der Waals surface area contributed by atoms with Crippen LogP contribution in [0, 0.1) is 17.2 Å². The number of hydrogen-bond acceptors (Lipinski definition) is 3. The Morgan fingerprint density at radius 3 is 2.82 bits per heavy atom. The highest BCUT2D eigenvalue weighted by molar-refractivity contribution is 5.81. The third-order valence-corrected chi connectivity index (χ3v) is 2.54. The standard InChI is InChI=1S/C13H17N3O/c1-9(2)12(15)13(17)16-8-11-5-3-4-10(6-11)7-14/h3-6,9,12H,8,15H2,1-2H3,(H,16,17). The molecule has 0 heterocycles. The van der Waals surface area contributed by atoms with Crippen LogP contribution in [0.2, 0.25) is 0 Å². The van der Waals surface area contributed by atoms with E-state index in [0.29, 0.717) is 12.1 Å². The molecule has 1 atom stereocenters. The smallest absolute Gasteiger partial charge is 0.237 e. The van der Waals surface area contributed by atoms with Gasteiger partial charge in [-0.3, -0.25) is 4.79 Å². The van der Waals surface area contributed by atoms with E-state index in [0.717, 1.165) is 5.56 Å². The van der Waals surface area contributed by atoms with Crippen molar-refractivity contribution in [2.24, 2.45) is 11.7 Å². The number of hydrogen-bond donors (Lipinski definition) is 2. The molecule has 0 aliphatic heterocycles. The summed E-state index contributed by atoms with van der Waals surface area (Å²) < 4.78 is 0. The first-order valence-electron chi connectivity index (χ1n) is 5.57. The summed E-state index contributed by atoms with van der Waals surface area (Å²) in [5.74, 6) is -0.0530. The molecule has 0 spiro atoms. The highest BCUT2D eigenvalue weighted by Crippen LogP contribution is 2.04. The highest BCUT2D eigenvalue weighted by atomic mass is 16.2. The minimum absolute atomic E-state index is 0.112. The molecule has 1 amide bonds. The fraction of sp³-hybridized carbons (Fsp3) is 0.385. The lowest BCUT2D eigenvalue weighted by atomic mass is 10.0. The molecule has 1 rings (SSSR count). The molecule has 3 N–H and O–H groups in total. The summed E-state index contributed by atoms with van der Waals surface area (Å²) in [6.07, 6.45) is 0. The van der Waals surface area contributed by atoms with Crippen molar-refractivity contribution >= 4 is 5.91 Å². The van der Waals surface area contributed by atoms with Gasteiger partial charge in [0.15, 0.2) is 0 Å². The summed E-state index contributed by atoms with van der Waals surface area (Å²) in [7, 11) is 0. The molecule has 0 saturated carbocycles. The van der Waals surface area contributed by atoms with E-state index in [4.69, 9.17) is 11.0 Å². The predicted octanol–water partition coefficient (Wildman–Crippen LogP) is 1.16. The molecular weight excluding hydrogens is 214 g/mol. The number of carbonyl (C=O) groups is 1. The number of amides is 1. The molecule has 4 nitrogen and oxygen atoms in total. The van der Waals surface area contributed by atoms with Gasteiger partial charge < -0.3 is 11.1 Å². The maximum Gasteiger partial charge on any atom is 0.237 e. The van der Waals surface area contributed by atoms with Crippen molar-refractivity contribution in [2.45, 2.75) is 26.4 Å². The van der Waals surface area contributed by atoms with Crippen LogP contribution in [0.15, 0.2) is 24.3 Å². The minimum atomic E-state index is -0.492. The quantitative estimate of drug-likeness (QED) is 0.816. The molecule has 90 valence electrons. The summed E-state index contributed by atoms with van der Waals surface area (Å²) in [6.45, 7) is 4.20. The van der Waals surface area contributed by atoms with Crippen LogP contribution in [0.1, 0.15) is 25.0 Å². The number of carbonyl (C=O) groups excluding carboxylic acids is 1. The van der Waals surface area contributed by atoms with Gasteiger partial charge in [0.05, 0.1) is 17.7 Å². The molecule has 0 bridgehead atoms. The lowest BCUT2D eigenvalue weighted by Gasteiger charge is -2.15. The topological polar surface area (TPSA) is 78.9 Å². The fourth-order valence-corrected chi connectivity index (χ4v) is 1.36. The first-order chi connectivity index (χ1) is 8.04. The minimum Gasteiger partial charge on any atom is -0.351 e. The lowest BCUT2D eigenvalue weighted by molar-refractivity contribution is -0.123. The van der Waals surface area contributed by atoms with Crippen molar-refractivity contribution in [2.75, 3.05) is 0 Å². The van der Waals surface area contributed by atoms with E-state index in [9.17, 15) is 4.79 Å². The Morgan fingerprint density at radius 2 is 2.24 bits per heavy atom. The van der Waals surface area contributed by atoms with Crippen LogP contribution >= 0.6 is 0 Å². The van der Waals surface area contributed by atoms with Gasteiger partial charge in [0.25, 0.3) is 0 Å². The van der Waals surface area contributed by atoms with Gasteiger partial charge >= 0.3 is 0 Å². The highest BCUT2D eigenvalue weighted by Gasteiger charge is 2.16. The Labute approximate surface area is 101 Å². The molecule has 0 fully saturated rings. The lowest BCUT2D eigenvalue weighted by Crippen LogP contribution is -2.43. The van der Waals surface area contributed by atoms with Crippen molar-refractivity contribution in [1.82, 2.24) is 5.32 Å². The largest absolute Gasteiger partial charge is 0.351 e. The van der Waals surface area contributed by atoms with Crippen LogP contribution in [0.4, 0.5) is 0 Å². The van der Waals surface area contributed by atoms with E-state index < -0.39 is 6.04 Å². The van der Waals surface area contributed by atoms with Crippen LogP contribution in [0.3, 0.4) is 0 Å². The van der Waals surface area contributed by atoms with Crippen LogP contribution in [0.25, 0.3) is 0 Å². The first kappa shape index (κ1) is 13.2. The summed E-state index contributed by atoms with van der Waals surface area (Å²) >= 11 is 0. The Hall–Kier alpha value is -1.86. The summed E-state index contributed by atoms with van der Waals surface area (Å²) in [4.78, 5) is 11.6. The van der Waals surface area contributed by atoms with Gasteiger partial charge in [-0.15, -0.1) is 0 Å². The molecule has 1 aromatic rings. The fourth-order valence-electron chi connectivity index (χ4n) is 1.36. The number of nitrogens with one attached hydrogen (secondary N) is 1. The van der Waals surface area contributed by atoms with Crippen molar-refractivity contribution in [3.05, 3.63) is 35.4 Å². The van der Waals surface area contributed by atoms with Crippen molar-refractivity contribution < 1.29 is 4.79 Å². The third kappa shape index (κ3) is 3.89. The number of benzene rings is 1. The monoisotopic (exact) mass is 231 g/mol. The van der Waals surface area contributed by atoms with Gasteiger partial charge in [-0.2, -0.15) is 5.26 Å². The molecular formula is C13H17N3O. The van der Waals surface area contributed by atoms with E-state index in [-0.39, 0.29) is 11.8 Å². The molecule has 1 unspecified atom stereocenters. The van der Waals surface area contributed by atoms with E-state index in [1.54, 1.807) is 18.2 Å². The van der Waals surface area contributed by atoms with Gasteiger partial charge in [0, 0.05) is 6.54 Å². The Bertz CT molecular complexity index is 435. The van der Waals surface area contributed by atoms with Crippen molar-refractivity contribution in [1.29, 1.82) is 5.26 Å². The van der Waals surface area contributed by atoms with Crippen LogP contribution in [-0.2, 0) is 11.3 Å².